The fourth-order valence-corrected chi connectivity index (χ4v) is 2.27. The molecule has 2 rings (SSSR count). The number of pyridine rings is 1. The Labute approximate surface area is 142 Å². The molecule has 8 heteroatoms. The van der Waals surface area contributed by atoms with E-state index in [1.165, 1.54) is 17.1 Å². The first-order valence-electron chi connectivity index (χ1n) is 7.45. The summed E-state index contributed by atoms with van der Waals surface area (Å²) in [6, 6.07) is 1.82. The number of aromatic nitrogens is 1. The molecule has 1 aromatic rings. The number of halogens is 4. The number of hydrogen-bond acceptors (Lipinski definition) is 3. The van der Waals surface area contributed by atoms with Crippen molar-refractivity contribution in [1.29, 1.82) is 0 Å². The van der Waals surface area contributed by atoms with Gasteiger partial charge in [0.15, 0.2) is 0 Å². The number of amides is 1. The number of carbonyl (C=O) groups is 1. The lowest BCUT2D eigenvalue weighted by Crippen LogP contribution is -2.41. The van der Waals surface area contributed by atoms with Gasteiger partial charge in [0.05, 0.1) is 18.3 Å². The van der Waals surface area contributed by atoms with E-state index in [-0.39, 0.29) is 19.0 Å². The quantitative estimate of drug-likeness (QED) is 0.654. The van der Waals surface area contributed by atoms with Crippen molar-refractivity contribution in [3.63, 3.8) is 0 Å². The highest BCUT2D eigenvalue weighted by atomic mass is 19.4. The van der Waals surface area contributed by atoms with Gasteiger partial charge in [-0.2, -0.15) is 13.2 Å². The topological polar surface area (TPSA) is 45.2 Å². The molecule has 0 atom stereocenters. The van der Waals surface area contributed by atoms with Crippen LogP contribution in [-0.2, 0) is 4.79 Å². The van der Waals surface area contributed by atoms with Gasteiger partial charge in [0.25, 0.3) is 0 Å². The van der Waals surface area contributed by atoms with E-state index in [1.54, 1.807) is 13.1 Å². The molecule has 0 aliphatic carbocycles. The summed E-state index contributed by atoms with van der Waals surface area (Å²) in [4.78, 5) is 17.9. The lowest BCUT2D eigenvalue weighted by atomic mass is 10.1. The first-order chi connectivity index (χ1) is 11.7. The molecule has 0 saturated carbocycles. The Morgan fingerprint density at radius 3 is 2.84 bits per heavy atom. The van der Waals surface area contributed by atoms with Crippen molar-refractivity contribution in [3.05, 3.63) is 53.5 Å². The Balaban J connectivity index is 2.12. The van der Waals surface area contributed by atoms with E-state index < -0.39 is 18.1 Å². The molecule has 1 aliphatic rings. The molecule has 0 radical (unpaired) electrons. The van der Waals surface area contributed by atoms with Crippen molar-refractivity contribution in [1.82, 2.24) is 4.98 Å². The molecule has 0 aromatic carbocycles. The number of nitrogens with zero attached hydrogens (tertiary/aromatic N) is 2. The van der Waals surface area contributed by atoms with Crippen LogP contribution < -0.4 is 10.2 Å². The highest BCUT2D eigenvalue weighted by Crippen LogP contribution is 2.28. The second kappa shape index (κ2) is 7.50. The van der Waals surface area contributed by atoms with Crippen LogP contribution in [0.4, 0.5) is 29.1 Å². The van der Waals surface area contributed by atoms with Crippen LogP contribution in [0.15, 0.2) is 48.0 Å². The Kier molecular flexibility index (Phi) is 5.61. The molecule has 1 aliphatic heterocycles. The van der Waals surface area contributed by atoms with Gasteiger partial charge in [-0.15, -0.1) is 0 Å². The zero-order chi connectivity index (χ0) is 18.6. The predicted octanol–water partition coefficient (Wildman–Crippen LogP) is 4.07. The molecule has 0 unspecified atom stereocenters. The maximum Gasteiger partial charge on any atom is 0.412 e. The summed E-state index contributed by atoms with van der Waals surface area (Å²) in [6.45, 7) is 3.89. The summed E-state index contributed by atoms with van der Waals surface area (Å²) in [5.41, 5.74) is 2.20. The summed E-state index contributed by atoms with van der Waals surface area (Å²) >= 11 is 0. The number of carbonyl (C=O) groups excluding carboxylic acids is 1. The number of rotatable bonds is 4. The van der Waals surface area contributed by atoms with Gasteiger partial charge in [-0.25, -0.2) is 9.37 Å². The number of fused-ring (bicyclic) bond motifs is 1. The summed E-state index contributed by atoms with van der Waals surface area (Å²) in [5, 5.41) is 2.92. The Morgan fingerprint density at radius 1 is 1.44 bits per heavy atom. The van der Waals surface area contributed by atoms with Gasteiger partial charge < -0.3 is 10.2 Å². The van der Waals surface area contributed by atoms with Crippen molar-refractivity contribution in [2.45, 2.75) is 20.0 Å². The molecule has 0 fully saturated rings. The van der Waals surface area contributed by atoms with Crippen LogP contribution in [0.3, 0.4) is 0 Å². The third-order valence-electron chi connectivity index (χ3n) is 3.35. The number of aryl methyl sites for hydroxylation is 1. The van der Waals surface area contributed by atoms with Crippen molar-refractivity contribution < 1.29 is 22.4 Å². The highest BCUT2D eigenvalue weighted by Gasteiger charge is 2.25. The van der Waals surface area contributed by atoms with Crippen molar-refractivity contribution in [2.24, 2.45) is 0 Å². The minimum absolute atomic E-state index is 0.106. The largest absolute Gasteiger partial charge is 0.412 e. The summed E-state index contributed by atoms with van der Waals surface area (Å²) in [7, 11) is 0. The first-order valence-corrected chi connectivity index (χ1v) is 7.45. The molecule has 1 amide bonds. The second-order valence-corrected chi connectivity index (χ2v) is 5.66. The minimum atomic E-state index is -4.70. The summed E-state index contributed by atoms with van der Waals surface area (Å²) in [6.07, 6.45) is -0.0829. The van der Waals surface area contributed by atoms with E-state index in [0.29, 0.717) is 17.1 Å². The smallest absolute Gasteiger partial charge is 0.359 e. The predicted molar refractivity (Wildman–Crippen MR) is 88.0 cm³/mol. The van der Waals surface area contributed by atoms with E-state index in [4.69, 9.17) is 0 Å². The lowest BCUT2D eigenvalue weighted by Gasteiger charge is -2.29. The number of anilines is 2. The molecule has 0 saturated heterocycles. The van der Waals surface area contributed by atoms with E-state index >= 15 is 0 Å². The van der Waals surface area contributed by atoms with Gasteiger partial charge in [0.2, 0.25) is 5.91 Å². The molecule has 2 heterocycles. The monoisotopic (exact) mass is 355 g/mol. The van der Waals surface area contributed by atoms with Gasteiger partial charge in [-0.05, 0) is 31.6 Å². The standard InChI is InChI=1S/C17H17F4N3O/c1-11(4-3-5-13(18)7-17(19,20)21)10-24-14-6-12(2)8-22-16(14)23-9-15(24)25/h3-8H,9-10H2,1-2H3,(H,22,23)/b5-3-,11-4+,13-7-. The van der Waals surface area contributed by atoms with Gasteiger partial charge in [0, 0.05) is 12.7 Å². The fraction of sp³-hybridized carbons (Fsp3) is 0.294. The molecule has 134 valence electrons. The van der Waals surface area contributed by atoms with E-state index in [2.05, 4.69) is 10.3 Å². The zero-order valence-electron chi connectivity index (χ0n) is 13.7. The first kappa shape index (κ1) is 18.7. The maximum atomic E-state index is 13.1. The SMILES string of the molecule is C\C(=C/C=C\C(F)=C\C(F)(F)F)CN1C(=O)CNc2ncc(C)cc21. The zero-order valence-corrected chi connectivity index (χ0v) is 13.7. The van der Waals surface area contributed by atoms with E-state index in [9.17, 15) is 22.4 Å². The maximum absolute atomic E-state index is 13.1. The summed E-state index contributed by atoms with van der Waals surface area (Å²) < 4.78 is 49.0. The normalized spacial score (nSPS) is 16.2. The van der Waals surface area contributed by atoms with Crippen LogP contribution in [0.2, 0.25) is 0 Å². The van der Waals surface area contributed by atoms with Crippen LogP contribution in [-0.4, -0.2) is 30.2 Å². The minimum Gasteiger partial charge on any atom is -0.359 e. The van der Waals surface area contributed by atoms with Crippen molar-refractivity contribution >= 4 is 17.4 Å². The van der Waals surface area contributed by atoms with Crippen LogP contribution in [0.5, 0.6) is 0 Å². The Morgan fingerprint density at radius 2 is 2.16 bits per heavy atom. The van der Waals surface area contributed by atoms with E-state index in [0.717, 1.165) is 11.6 Å². The number of hydrogen-bond donors (Lipinski definition) is 1. The molecule has 0 spiro atoms. The molecular formula is C17H17F4N3O. The molecule has 4 nitrogen and oxygen atoms in total. The second-order valence-electron chi connectivity index (χ2n) is 5.66. The summed E-state index contributed by atoms with van der Waals surface area (Å²) in [5.74, 6) is -0.951. The fourth-order valence-electron chi connectivity index (χ4n) is 2.27. The van der Waals surface area contributed by atoms with Crippen LogP contribution in [0.25, 0.3) is 0 Å². The average molecular weight is 355 g/mol. The Bertz CT molecular complexity index is 751. The number of allylic oxidation sites excluding steroid dienone is 5. The van der Waals surface area contributed by atoms with Crippen LogP contribution >= 0.6 is 0 Å². The van der Waals surface area contributed by atoms with Crippen molar-refractivity contribution in [2.75, 3.05) is 23.3 Å². The van der Waals surface area contributed by atoms with Gasteiger partial charge in [0.1, 0.15) is 11.6 Å². The molecule has 1 N–H and O–H groups in total. The average Bonchev–Trinajstić information content (AvgIpc) is 2.48. The van der Waals surface area contributed by atoms with E-state index in [1.807, 2.05) is 13.0 Å². The van der Waals surface area contributed by atoms with Gasteiger partial charge in [-0.3, -0.25) is 4.79 Å². The Hall–Kier alpha value is -2.64. The third kappa shape index (κ3) is 5.44. The van der Waals surface area contributed by atoms with Crippen LogP contribution in [0, 0.1) is 6.92 Å². The van der Waals surface area contributed by atoms with Crippen molar-refractivity contribution in [3.8, 4) is 0 Å². The van der Waals surface area contributed by atoms with Gasteiger partial charge >= 0.3 is 6.18 Å². The lowest BCUT2D eigenvalue weighted by molar-refractivity contribution is -0.117. The number of alkyl halides is 3. The van der Waals surface area contributed by atoms with Crippen LogP contribution in [0.1, 0.15) is 12.5 Å². The highest BCUT2D eigenvalue weighted by molar-refractivity contribution is 6.02. The molecule has 0 bridgehead atoms. The molecule has 25 heavy (non-hydrogen) atoms. The van der Waals surface area contributed by atoms with Gasteiger partial charge in [-0.1, -0.05) is 17.7 Å². The number of nitrogens with one attached hydrogen (secondary N) is 1. The molecule has 1 aromatic heterocycles. The molecular weight excluding hydrogens is 338 g/mol. The third-order valence-corrected chi connectivity index (χ3v) is 3.35.